The Morgan fingerprint density at radius 1 is 1.25 bits per heavy atom. The second kappa shape index (κ2) is 8.18. The number of esters is 1. The van der Waals surface area contributed by atoms with Crippen molar-refractivity contribution in [1.29, 1.82) is 0 Å². The SMILES string of the molecule is CCOC(C)n1cc(-c2cn(-c3ccncc3)c(=O)c(C(=O)OC)c2C)cn1. The van der Waals surface area contributed by atoms with Crippen LogP contribution in [0.4, 0.5) is 0 Å². The van der Waals surface area contributed by atoms with Crippen LogP contribution in [0.3, 0.4) is 0 Å². The van der Waals surface area contributed by atoms with Crippen LogP contribution in [0, 0.1) is 6.92 Å². The number of aromatic nitrogens is 4. The Kier molecular flexibility index (Phi) is 5.70. The highest BCUT2D eigenvalue weighted by Gasteiger charge is 2.22. The summed E-state index contributed by atoms with van der Waals surface area (Å²) in [4.78, 5) is 29.3. The Bertz CT molecular complexity index is 1040. The summed E-state index contributed by atoms with van der Waals surface area (Å²) in [5, 5.41) is 4.35. The molecule has 0 spiro atoms. The molecule has 0 aliphatic carbocycles. The van der Waals surface area contributed by atoms with Crippen LogP contribution in [0.5, 0.6) is 0 Å². The molecule has 3 aromatic heterocycles. The predicted molar refractivity (Wildman–Crippen MR) is 103 cm³/mol. The highest BCUT2D eigenvalue weighted by Crippen LogP contribution is 2.26. The Balaban J connectivity index is 2.21. The number of carbonyl (C=O) groups excluding carboxylic acids is 1. The van der Waals surface area contributed by atoms with Gasteiger partial charge in [0.05, 0.1) is 19.0 Å². The number of methoxy groups -OCH3 is 1. The molecule has 0 saturated carbocycles. The lowest BCUT2D eigenvalue weighted by Gasteiger charge is -2.14. The maximum Gasteiger partial charge on any atom is 0.343 e. The first-order chi connectivity index (χ1) is 13.5. The molecular weight excluding hydrogens is 360 g/mol. The van der Waals surface area contributed by atoms with Gasteiger partial charge in [-0.15, -0.1) is 0 Å². The Morgan fingerprint density at radius 2 is 1.96 bits per heavy atom. The number of hydrogen-bond acceptors (Lipinski definition) is 6. The lowest BCUT2D eigenvalue weighted by molar-refractivity contribution is 0.0160. The molecule has 0 radical (unpaired) electrons. The molecule has 0 bridgehead atoms. The molecule has 1 unspecified atom stereocenters. The fraction of sp³-hybridized carbons (Fsp3) is 0.300. The predicted octanol–water partition coefficient (Wildman–Crippen LogP) is 2.75. The van der Waals surface area contributed by atoms with E-state index in [1.54, 1.807) is 48.5 Å². The summed E-state index contributed by atoms with van der Waals surface area (Å²) in [6.45, 7) is 6.10. The maximum atomic E-state index is 13.0. The molecule has 0 saturated heterocycles. The molecule has 1 atom stereocenters. The fourth-order valence-corrected chi connectivity index (χ4v) is 3.02. The molecule has 146 valence electrons. The van der Waals surface area contributed by atoms with E-state index < -0.39 is 11.5 Å². The molecule has 0 aliphatic rings. The summed E-state index contributed by atoms with van der Waals surface area (Å²) in [7, 11) is 1.26. The standard InChI is InChI=1S/C20H22N4O4/c1-5-28-14(3)24-11-15(10-22-24)17-12-23(16-6-8-21-9-7-16)19(25)18(13(17)2)20(26)27-4/h6-12,14H,5H2,1-4H3. The quantitative estimate of drug-likeness (QED) is 0.609. The van der Waals surface area contributed by atoms with E-state index in [0.29, 0.717) is 23.4 Å². The first-order valence-electron chi connectivity index (χ1n) is 8.89. The summed E-state index contributed by atoms with van der Waals surface area (Å²) in [6.07, 6.45) is 8.14. The molecule has 28 heavy (non-hydrogen) atoms. The summed E-state index contributed by atoms with van der Waals surface area (Å²) in [5.74, 6) is -0.678. The molecular formula is C20H22N4O4. The first kappa shape index (κ1) is 19.5. The zero-order valence-electron chi connectivity index (χ0n) is 16.2. The largest absolute Gasteiger partial charge is 0.465 e. The maximum absolute atomic E-state index is 13.0. The summed E-state index contributed by atoms with van der Waals surface area (Å²) in [6, 6.07) is 3.39. The minimum Gasteiger partial charge on any atom is -0.465 e. The summed E-state index contributed by atoms with van der Waals surface area (Å²) < 4.78 is 13.5. The van der Waals surface area contributed by atoms with Crippen molar-refractivity contribution in [2.24, 2.45) is 0 Å². The molecule has 3 heterocycles. The highest BCUT2D eigenvalue weighted by atomic mass is 16.5. The highest BCUT2D eigenvalue weighted by molar-refractivity contribution is 5.93. The van der Waals surface area contributed by atoms with Gasteiger partial charge in [-0.05, 0) is 38.5 Å². The molecule has 8 nitrogen and oxygen atoms in total. The minimum absolute atomic E-state index is 0.0116. The van der Waals surface area contributed by atoms with Crippen LogP contribution in [0.2, 0.25) is 0 Å². The molecule has 0 aromatic carbocycles. The van der Waals surface area contributed by atoms with Crippen molar-refractivity contribution in [3.05, 3.63) is 64.6 Å². The molecule has 3 aromatic rings. The van der Waals surface area contributed by atoms with Gasteiger partial charge in [0, 0.05) is 42.5 Å². The Labute approximate surface area is 162 Å². The zero-order valence-corrected chi connectivity index (χ0v) is 16.2. The van der Waals surface area contributed by atoms with Crippen LogP contribution in [0.25, 0.3) is 16.8 Å². The van der Waals surface area contributed by atoms with Crippen LogP contribution in [0.1, 0.15) is 36.0 Å². The van der Waals surface area contributed by atoms with E-state index >= 15 is 0 Å². The Hall–Kier alpha value is -3.26. The number of rotatable bonds is 6. The second-order valence-corrected chi connectivity index (χ2v) is 6.18. The van der Waals surface area contributed by atoms with Crippen LogP contribution < -0.4 is 5.56 Å². The lowest BCUT2D eigenvalue weighted by Crippen LogP contribution is -2.27. The van der Waals surface area contributed by atoms with E-state index in [0.717, 1.165) is 5.56 Å². The van der Waals surface area contributed by atoms with E-state index in [2.05, 4.69) is 10.1 Å². The molecule has 0 fully saturated rings. The third-order valence-corrected chi connectivity index (χ3v) is 4.49. The molecule has 0 aliphatic heterocycles. The van der Waals surface area contributed by atoms with Gasteiger partial charge in [0.15, 0.2) is 0 Å². The topological polar surface area (TPSA) is 88.2 Å². The van der Waals surface area contributed by atoms with Crippen molar-refractivity contribution in [2.45, 2.75) is 27.0 Å². The number of nitrogens with zero attached hydrogens (tertiary/aromatic N) is 4. The van der Waals surface area contributed by atoms with Gasteiger partial charge < -0.3 is 9.47 Å². The third-order valence-electron chi connectivity index (χ3n) is 4.49. The van der Waals surface area contributed by atoms with Gasteiger partial charge in [-0.1, -0.05) is 0 Å². The van der Waals surface area contributed by atoms with Crippen molar-refractivity contribution in [1.82, 2.24) is 19.3 Å². The van der Waals surface area contributed by atoms with Gasteiger partial charge in [-0.25, -0.2) is 9.48 Å². The van der Waals surface area contributed by atoms with Crippen molar-refractivity contribution >= 4 is 5.97 Å². The summed E-state index contributed by atoms with van der Waals surface area (Å²) in [5.41, 5.74) is 2.13. The van der Waals surface area contributed by atoms with Crippen molar-refractivity contribution in [3.63, 3.8) is 0 Å². The van der Waals surface area contributed by atoms with Crippen molar-refractivity contribution < 1.29 is 14.3 Å². The van der Waals surface area contributed by atoms with E-state index in [4.69, 9.17) is 9.47 Å². The van der Waals surface area contributed by atoms with Gasteiger partial charge >= 0.3 is 5.97 Å². The average molecular weight is 382 g/mol. The van der Waals surface area contributed by atoms with Crippen LogP contribution >= 0.6 is 0 Å². The zero-order chi connectivity index (χ0) is 20.3. The number of hydrogen-bond donors (Lipinski definition) is 0. The molecule has 0 amide bonds. The van der Waals surface area contributed by atoms with Gasteiger partial charge in [0.1, 0.15) is 11.8 Å². The number of pyridine rings is 2. The molecule has 3 rings (SSSR count). The third kappa shape index (κ3) is 3.59. The van der Waals surface area contributed by atoms with Gasteiger partial charge in [-0.2, -0.15) is 5.10 Å². The normalized spacial score (nSPS) is 12.0. The van der Waals surface area contributed by atoms with Gasteiger partial charge in [0.25, 0.3) is 5.56 Å². The van der Waals surface area contributed by atoms with Gasteiger partial charge in [-0.3, -0.25) is 14.3 Å². The van der Waals surface area contributed by atoms with Crippen molar-refractivity contribution in [2.75, 3.05) is 13.7 Å². The van der Waals surface area contributed by atoms with E-state index in [9.17, 15) is 9.59 Å². The fourth-order valence-electron chi connectivity index (χ4n) is 3.02. The van der Waals surface area contributed by atoms with Crippen LogP contribution in [-0.4, -0.2) is 39.0 Å². The smallest absolute Gasteiger partial charge is 0.343 e. The second-order valence-electron chi connectivity index (χ2n) is 6.18. The summed E-state index contributed by atoms with van der Waals surface area (Å²) >= 11 is 0. The van der Waals surface area contributed by atoms with Crippen molar-refractivity contribution in [3.8, 4) is 16.8 Å². The monoisotopic (exact) mass is 382 g/mol. The van der Waals surface area contributed by atoms with E-state index in [-0.39, 0.29) is 11.8 Å². The van der Waals surface area contributed by atoms with Gasteiger partial charge in [0.2, 0.25) is 0 Å². The van der Waals surface area contributed by atoms with Crippen LogP contribution in [0.15, 0.2) is 47.9 Å². The Morgan fingerprint density at radius 3 is 2.61 bits per heavy atom. The molecule has 8 heteroatoms. The number of carbonyl (C=O) groups is 1. The van der Waals surface area contributed by atoms with E-state index in [1.807, 2.05) is 20.0 Å². The molecule has 0 N–H and O–H groups in total. The lowest BCUT2D eigenvalue weighted by atomic mass is 10.0. The first-order valence-corrected chi connectivity index (χ1v) is 8.89. The van der Waals surface area contributed by atoms with Crippen LogP contribution in [-0.2, 0) is 9.47 Å². The number of ether oxygens (including phenoxy) is 2. The average Bonchev–Trinajstić information content (AvgIpc) is 3.19. The minimum atomic E-state index is -0.678. The van der Waals surface area contributed by atoms with E-state index in [1.165, 1.54) is 11.7 Å².